The van der Waals surface area contributed by atoms with Crippen LogP contribution < -0.4 is 11.5 Å². The molecule has 14 heteroatoms. The van der Waals surface area contributed by atoms with Gasteiger partial charge in [-0.2, -0.15) is 0 Å². The maximum atomic E-state index is 12.6. The summed E-state index contributed by atoms with van der Waals surface area (Å²) in [7, 11) is -1.48. The molecule has 0 aromatic carbocycles. The topological polar surface area (TPSA) is 179 Å². The van der Waals surface area contributed by atoms with E-state index in [1.165, 1.54) is 11.2 Å². The van der Waals surface area contributed by atoms with E-state index in [9.17, 15) is 14.7 Å². The van der Waals surface area contributed by atoms with Crippen LogP contribution in [0.1, 0.15) is 18.5 Å². The zero-order chi connectivity index (χ0) is 18.6. The highest BCUT2D eigenvalue weighted by Gasteiger charge is 2.44. The molecule has 1 amide bonds. The number of imidazole rings is 1. The van der Waals surface area contributed by atoms with Crippen LogP contribution in [-0.4, -0.2) is 73.7 Å². The van der Waals surface area contributed by atoms with Crippen molar-refractivity contribution in [2.75, 3.05) is 13.1 Å². The number of aromatic nitrogens is 2. The predicted octanol–water partition coefficient (Wildman–Crippen LogP) is -0.962. The Morgan fingerprint density at radius 3 is 2.54 bits per heavy atom. The van der Waals surface area contributed by atoms with Gasteiger partial charge >= 0.3 is 13.1 Å². The quantitative estimate of drug-likeness (QED) is 0.280. The zero-order valence-corrected chi connectivity index (χ0v) is 17.5. The van der Waals surface area contributed by atoms with Gasteiger partial charge in [-0.05, 0) is 18.7 Å². The van der Waals surface area contributed by atoms with Crippen LogP contribution in [0.5, 0.6) is 0 Å². The number of nitrogens with two attached hydrogens (primary N) is 2. The van der Waals surface area contributed by atoms with Gasteiger partial charge in [0.05, 0.1) is 12.4 Å². The Bertz CT molecular complexity index is 612. The molecule has 3 atom stereocenters. The molecule has 1 aromatic heterocycles. The summed E-state index contributed by atoms with van der Waals surface area (Å²) in [4.78, 5) is 32.3. The summed E-state index contributed by atoms with van der Waals surface area (Å²) < 4.78 is 0. The number of hydrogen-bond donors (Lipinski definition) is 6. The molecule has 1 aliphatic rings. The first-order valence-corrected chi connectivity index (χ1v) is 8.11. The number of rotatable bonds is 7. The van der Waals surface area contributed by atoms with Gasteiger partial charge in [0.1, 0.15) is 5.54 Å². The molecule has 0 spiro atoms. The Morgan fingerprint density at radius 2 is 2.04 bits per heavy atom. The fraction of sp³-hybridized carbons (Fsp3) is 0.643. The Kier molecular flexibility index (Phi) is 13.0. The predicted molar refractivity (Wildman–Crippen MR) is 111 cm³/mol. The van der Waals surface area contributed by atoms with Gasteiger partial charge < -0.3 is 36.5 Å². The lowest BCUT2D eigenvalue weighted by Gasteiger charge is -2.42. The van der Waals surface area contributed by atoms with Crippen molar-refractivity contribution in [3.05, 3.63) is 18.2 Å². The normalized spacial score (nSPS) is 22.1. The largest absolute Gasteiger partial charge is 0.480 e. The van der Waals surface area contributed by atoms with Crippen molar-refractivity contribution in [3.63, 3.8) is 0 Å². The van der Waals surface area contributed by atoms with E-state index in [0.29, 0.717) is 12.1 Å². The summed E-state index contributed by atoms with van der Waals surface area (Å²) >= 11 is 0. The summed E-state index contributed by atoms with van der Waals surface area (Å²) in [5, 5.41) is 27.5. The third-order valence-corrected chi connectivity index (χ3v) is 4.49. The van der Waals surface area contributed by atoms with Gasteiger partial charge in [-0.25, -0.2) is 4.98 Å². The van der Waals surface area contributed by atoms with Crippen LogP contribution in [0.15, 0.2) is 12.5 Å². The van der Waals surface area contributed by atoms with Gasteiger partial charge in [0, 0.05) is 31.4 Å². The number of carbonyl (C=O) groups is 2. The lowest BCUT2D eigenvalue weighted by atomic mass is 9.75. The summed E-state index contributed by atoms with van der Waals surface area (Å²) in [5.74, 6) is -1.83. The smallest absolute Gasteiger partial charge is 0.451 e. The Balaban J connectivity index is 0. The SMILES string of the molecule is Cl.Cl.Cl.NC(Cc1cnc[nH]1)C(=O)N1C[C@@H](CCB(O)O)C[C@](N)(C(=O)O)C1. The number of carboxylic acid groups (broad SMARTS) is 1. The lowest BCUT2D eigenvalue weighted by Crippen LogP contribution is -2.64. The average molecular weight is 463 g/mol. The number of carboxylic acids is 1. The number of halogens is 3. The Hall–Kier alpha value is -1.08. The molecule has 0 bridgehead atoms. The van der Waals surface area contributed by atoms with E-state index >= 15 is 0 Å². The Labute approximate surface area is 181 Å². The minimum atomic E-state index is -1.58. The maximum absolute atomic E-state index is 12.6. The van der Waals surface area contributed by atoms with Crippen LogP contribution in [0.4, 0.5) is 0 Å². The van der Waals surface area contributed by atoms with E-state index in [0.717, 1.165) is 0 Å². The lowest BCUT2D eigenvalue weighted by molar-refractivity contribution is -0.149. The summed E-state index contributed by atoms with van der Waals surface area (Å²) in [6.07, 6.45) is 3.90. The van der Waals surface area contributed by atoms with Gasteiger partial charge in [0.15, 0.2) is 0 Å². The van der Waals surface area contributed by atoms with Gasteiger partial charge in [-0.3, -0.25) is 9.59 Å². The van der Waals surface area contributed by atoms with Gasteiger partial charge in [-0.1, -0.05) is 6.42 Å². The minimum absolute atomic E-state index is 0. The first-order valence-electron chi connectivity index (χ1n) is 8.11. The van der Waals surface area contributed by atoms with Crippen LogP contribution in [0.2, 0.25) is 6.32 Å². The first kappa shape index (κ1) is 29.1. The monoisotopic (exact) mass is 461 g/mol. The molecule has 1 aliphatic heterocycles. The molecule has 1 saturated heterocycles. The van der Waals surface area contributed by atoms with Crippen molar-refractivity contribution >= 4 is 56.2 Å². The van der Waals surface area contributed by atoms with Crippen LogP contribution in [0.25, 0.3) is 0 Å². The van der Waals surface area contributed by atoms with Gasteiger partial charge in [0.2, 0.25) is 5.91 Å². The van der Waals surface area contributed by atoms with Crippen molar-refractivity contribution in [1.82, 2.24) is 14.9 Å². The number of nitrogens with one attached hydrogen (secondary N) is 1. The van der Waals surface area contributed by atoms with Crippen molar-refractivity contribution in [2.24, 2.45) is 17.4 Å². The average Bonchev–Trinajstić information content (AvgIpc) is 3.04. The van der Waals surface area contributed by atoms with Crippen molar-refractivity contribution in [3.8, 4) is 0 Å². The summed E-state index contributed by atoms with van der Waals surface area (Å²) in [5.41, 5.74) is 11.1. The molecule has 162 valence electrons. The fourth-order valence-electron chi connectivity index (χ4n) is 3.22. The first-order chi connectivity index (χ1) is 11.7. The maximum Gasteiger partial charge on any atom is 0.451 e. The van der Waals surface area contributed by atoms with E-state index in [2.05, 4.69) is 9.97 Å². The minimum Gasteiger partial charge on any atom is -0.480 e. The van der Waals surface area contributed by atoms with E-state index in [1.807, 2.05) is 0 Å². The third-order valence-electron chi connectivity index (χ3n) is 4.49. The molecule has 10 nitrogen and oxygen atoms in total. The van der Waals surface area contributed by atoms with E-state index < -0.39 is 24.7 Å². The number of nitrogens with zero attached hydrogens (tertiary/aromatic N) is 2. The van der Waals surface area contributed by atoms with Crippen molar-refractivity contribution in [2.45, 2.75) is 37.2 Å². The van der Waals surface area contributed by atoms with Crippen molar-refractivity contribution in [1.29, 1.82) is 0 Å². The molecule has 0 saturated carbocycles. The summed E-state index contributed by atoms with van der Waals surface area (Å²) in [6, 6.07) is -0.847. The van der Waals surface area contributed by atoms with Crippen LogP contribution in [0, 0.1) is 5.92 Å². The highest BCUT2D eigenvalue weighted by molar-refractivity contribution is 6.40. The van der Waals surface area contributed by atoms with Crippen LogP contribution in [0.3, 0.4) is 0 Å². The van der Waals surface area contributed by atoms with E-state index in [1.54, 1.807) is 6.20 Å². The highest BCUT2D eigenvalue weighted by atomic mass is 35.5. The third kappa shape index (κ3) is 7.74. The summed E-state index contributed by atoms with van der Waals surface area (Å²) in [6.45, 7) is 0.157. The number of aliphatic carboxylic acids is 1. The Morgan fingerprint density at radius 1 is 1.39 bits per heavy atom. The van der Waals surface area contributed by atoms with Gasteiger partial charge in [0.25, 0.3) is 0 Å². The number of hydrogen-bond acceptors (Lipinski definition) is 7. The second kappa shape index (κ2) is 12.5. The molecule has 1 unspecified atom stereocenters. The molecular weight excluding hydrogens is 435 g/mol. The molecule has 0 aliphatic carbocycles. The second-order valence-electron chi connectivity index (χ2n) is 6.70. The molecule has 1 fully saturated rings. The van der Waals surface area contributed by atoms with E-state index in [4.69, 9.17) is 21.5 Å². The molecule has 0 radical (unpaired) electrons. The number of likely N-dealkylation sites (tertiary alicyclic amines) is 1. The molecule has 2 rings (SSSR count). The number of aromatic amines is 1. The van der Waals surface area contributed by atoms with Crippen LogP contribution >= 0.6 is 37.2 Å². The number of carbonyl (C=O) groups excluding carboxylic acids is 1. The zero-order valence-electron chi connectivity index (χ0n) is 15.1. The number of amides is 1. The number of piperidine rings is 1. The molecule has 1 aromatic rings. The molecule has 8 N–H and O–H groups in total. The number of H-pyrrole nitrogens is 1. The van der Waals surface area contributed by atoms with Crippen molar-refractivity contribution < 1.29 is 24.7 Å². The fourth-order valence-corrected chi connectivity index (χ4v) is 3.22. The van der Waals surface area contributed by atoms with E-state index in [-0.39, 0.29) is 81.3 Å². The molecule has 28 heavy (non-hydrogen) atoms. The molecular formula is C14H27BCl3N5O5. The highest BCUT2D eigenvalue weighted by Crippen LogP contribution is 2.28. The van der Waals surface area contributed by atoms with Crippen LogP contribution in [-0.2, 0) is 16.0 Å². The molecule has 2 heterocycles. The van der Waals surface area contributed by atoms with Gasteiger partial charge in [-0.15, -0.1) is 37.2 Å². The second-order valence-corrected chi connectivity index (χ2v) is 6.70. The standard InChI is InChI=1S/C14H24BN5O5.3ClH/c16-11(3-10-5-18-8-19-10)12(21)20-6-9(1-2-15(24)25)4-14(17,7-20)13(22)23;;;/h5,8-9,11,24-25H,1-4,6-7,16-17H2,(H,18,19)(H,22,23);3*1H/t9-,11?,14+;;;/m0.../s1.